The van der Waals surface area contributed by atoms with Crippen LogP contribution in [0.3, 0.4) is 0 Å². The first-order chi connectivity index (χ1) is 8.13. The van der Waals surface area contributed by atoms with E-state index in [9.17, 15) is 4.79 Å². The highest BCUT2D eigenvalue weighted by Crippen LogP contribution is 2.30. The Morgan fingerprint density at radius 1 is 1.53 bits per heavy atom. The Hall–Kier alpha value is -1.42. The maximum absolute atomic E-state index is 11.8. The third-order valence-corrected chi connectivity index (χ3v) is 3.17. The molecule has 1 saturated heterocycles. The molecular formula is C13H19N3O. The highest BCUT2D eigenvalue weighted by atomic mass is 16.2. The zero-order chi connectivity index (χ0) is 12.4. The quantitative estimate of drug-likeness (QED) is 0.858. The van der Waals surface area contributed by atoms with Crippen molar-refractivity contribution >= 4 is 5.91 Å². The minimum Gasteiger partial charge on any atom is -0.332 e. The Balaban J connectivity index is 2.28. The lowest BCUT2D eigenvalue weighted by molar-refractivity contribution is -0.129. The van der Waals surface area contributed by atoms with Crippen molar-refractivity contribution in [3.8, 4) is 0 Å². The standard InChI is InChI=1S/C13H19N3O/c1-3-6-16-12(17)7-10(14)13(16)11-5-4-9(2)8-15-11/h4-5,8,10,13H,3,6-7,14H2,1-2H3. The number of carbonyl (C=O) groups is 1. The number of aryl methyl sites for hydroxylation is 1. The van der Waals surface area contributed by atoms with E-state index in [1.807, 2.05) is 30.2 Å². The fourth-order valence-corrected chi connectivity index (χ4v) is 2.35. The number of hydrogen-bond donors (Lipinski definition) is 1. The van der Waals surface area contributed by atoms with Gasteiger partial charge in [-0.25, -0.2) is 0 Å². The second kappa shape index (κ2) is 4.84. The number of aromatic nitrogens is 1. The van der Waals surface area contributed by atoms with E-state index in [0.717, 1.165) is 24.2 Å². The minimum absolute atomic E-state index is 0.0527. The van der Waals surface area contributed by atoms with Gasteiger partial charge in [0.05, 0.1) is 11.7 Å². The van der Waals surface area contributed by atoms with Crippen LogP contribution in [0.4, 0.5) is 0 Å². The van der Waals surface area contributed by atoms with Gasteiger partial charge in [0.15, 0.2) is 0 Å². The molecule has 0 spiro atoms. The summed E-state index contributed by atoms with van der Waals surface area (Å²) in [6.45, 7) is 4.82. The maximum Gasteiger partial charge on any atom is 0.224 e. The van der Waals surface area contributed by atoms with Gasteiger partial charge >= 0.3 is 0 Å². The molecule has 2 atom stereocenters. The van der Waals surface area contributed by atoms with Crippen molar-refractivity contribution in [2.24, 2.45) is 5.73 Å². The van der Waals surface area contributed by atoms with Gasteiger partial charge in [0.25, 0.3) is 0 Å². The topological polar surface area (TPSA) is 59.2 Å². The SMILES string of the molecule is CCCN1C(=O)CC(N)C1c1ccc(C)cn1. The fraction of sp³-hybridized carbons (Fsp3) is 0.538. The average Bonchev–Trinajstić information content (AvgIpc) is 2.56. The van der Waals surface area contributed by atoms with Crippen LogP contribution >= 0.6 is 0 Å². The molecular weight excluding hydrogens is 214 g/mol. The highest BCUT2D eigenvalue weighted by Gasteiger charge is 2.38. The van der Waals surface area contributed by atoms with Crippen molar-refractivity contribution in [2.75, 3.05) is 6.54 Å². The van der Waals surface area contributed by atoms with Crippen LogP contribution in [0.15, 0.2) is 18.3 Å². The summed E-state index contributed by atoms with van der Waals surface area (Å²) >= 11 is 0. The summed E-state index contributed by atoms with van der Waals surface area (Å²) in [5.41, 5.74) is 8.08. The number of carbonyl (C=O) groups excluding carboxylic acids is 1. The van der Waals surface area contributed by atoms with Crippen molar-refractivity contribution in [3.05, 3.63) is 29.6 Å². The van der Waals surface area contributed by atoms with Crippen LogP contribution in [-0.4, -0.2) is 28.4 Å². The van der Waals surface area contributed by atoms with Crippen LogP contribution in [0, 0.1) is 6.92 Å². The van der Waals surface area contributed by atoms with Crippen molar-refractivity contribution < 1.29 is 4.79 Å². The maximum atomic E-state index is 11.8. The Labute approximate surface area is 102 Å². The molecule has 4 nitrogen and oxygen atoms in total. The van der Waals surface area contributed by atoms with Gasteiger partial charge in [0.2, 0.25) is 5.91 Å². The summed E-state index contributed by atoms with van der Waals surface area (Å²) < 4.78 is 0. The molecule has 1 aliphatic heterocycles. The first-order valence-corrected chi connectivity index (χ1v) is 6.11. The van der Waals surface area contributed by atoms with Crippen LogP contribution in [-0.2, 0) is 4.79 Å². The molecule has 2 rings (SSSR count). The van der Waals surface area contributed by atoms with Gasteiger partial charge in [0, 0.05) is 25.2 Å². The van der Waals surface area contributed by atoms with Gasteiger partial charge in [-0.3, -0.25) is 9.78 Å². The second-order valence-corrected chi connectivity index (χ2v) is 4.66. The van der Waals surface area contributed by atoms with E-state index in [2.05, 4.69) is 11.9 Å². The van der Waals surface area contributed by atoms with Crippen molar-refractivity contribution in [2.45, 2.75) is 38.8 Å². The van der Waals surface area contributed by atoms with E-state index < -0.39 is 0 Å². The summed E-state index contributed by atoms with van der Waals surface area (Å²) in [7, 11) is 0. The van der Waals surface area contributed by atoms with Crippen LogP contribution < -0.4 is 5.73 Å². The van der Waals surface area contributed by atoms with Crippen molar-refractivity contribution in [1.29, 1.82) is 0 Å². The number of rotatable bonds is 3. The second-order valence-electron chi connectivity index (χ2n) is 4.66. The van der Waals surface area contributed by atoms with E-state index in [0.29, 0.717) is 6.42 Å². The molecule has 1 aromatic heterocycles. The van der Waals surface area contributed by atoms with E-state index in [1.54, 1.807) is 0 Å². The predicted molar refractivity (Wildman–Crippen MR) is 66.3 cm³/mol. The molecule has 1 aromatic rings. The normalized spacial score (nSPS) is 24.4. The molecule has 17 heavy (non-hydrogen) atoms. The Morgan fingerprint density at radius 2 is 2.29 bits per heavy atom. The van der Waals surface area contributed by atoms with Gasteiger partial charge in [-0.15, -0.1) is 0 Å². The zero-order valence-corrected chi connectivity index (χ0v) is 10.4. The molecule has 1 amide bonds. The largest absolute Gasteiger partial charge is 0.332 e. The molecule has 2 N–H and O–H groups in total. The van der Waals surface area contributed by atoms with Gasteiger partial charge in [0.1, 0.15) is 0 Å². The lowest BCUT2D eigenvalue weighted by Gasteiger charge is -2.26. The van der Waals surface area contributed by atoms with Gasteiger partial charge in [-0.05, 0) is 25.0 Å². The van der Waals surface area contributed by atoms with E-state index in [1.165, 1.54) is 0 Å². The Bertz CT molecular complexity index is 402. The van der Waals surface area contributed by atoms with E-state index >= 15 is 0 Å². The number of pyridine rings is 1. The Morgan fingerprint density at radius 3 is 2.88 bits per heavy atom. The molecule has 0 saturated carbocycles. The number of amides is 1. The third kappa shape index (κ3) is 2.31. The molecule has 1 fully saturated rings. The van der Waals surface area contributed by atoms with Gasteiger partial charge in [-0.1, -0.05) is 13.0 Å². The van der Waals surface area contributed by atoms with Crippen LogP contribution in [0.1, 0.15) is 37.1 Å². The third-order valence-electron chi connectivity index (χ3n) is 3.17. The summed E-state index contributed by atoms with van der Waals surface area (Å²) in [5, 5.41) is 0. The first-order valence-electron chi connectivity index (χ1n) is 6.11. The summed E-state index contributed by atoms with van der Waals surface area (Å²) in [4.78, 5) is 18.1. The molecule has 2 unspecified atom stereocenters. The van der Waals surface area contributed by atoms with Gasteiger partial charge < -0.3 is 10.6 Å². The average molecular weight is 233 g/mol. The van der Waals surface area contributed by atoms with E-state index in [-0.39, 0.29) is 18.0 Å². The predicted octanol–water partition coefficient (Wildman–Crippen LogP) is 1.40. The number of nitrogens with two attached hydrogens (primary N) is 1. The molecule has 0 bridgehead atoms. The molecule has 1 aliphatic rings. The lowest BCUT2D eigenvalue weighted by atomic mass is 10.1. The summed E-state index contributed by atoms with van der Waals surface area (Å²) in [5.74, 6) is 0.145. The van der Waals surface area contributed by atoms with Gasteiger partial charge in [-0.2, -0.15) is 0 Å². The smallest absolute Gasteiger partial charge is 0.224 e. The highest BCUT2D eigenvalue weighted by molar-refractivity contribution is 5.80. The zero-order valence-electron chi connectivity index (χ0n) is 10.4. The van der Waals surface area contributed by atoms with Crippen LogP contribution in [0.2, 0.25) is 0 Å². The number of nitrogens with zero attached hydrogens (tertiary/aromatic N) is 2. The number of likely N-dealkylation sites (tertiary alicyclic amines) is 1. The molecule has 0 aliphatic carbocycles. The van der Waals surface area contributed by atoms with E-state index in [4.69, 9.17) is 5.73 Å². The number of hydrogen-bond acceptors (Lipinski definition) is 3. The Kier molecular flexibility index (Phi) is 3.43. The first kappa shape index (κ1) is 12.0. The molecule has 4 heteroatoms. The monoisotopic (exact) mass is 233 g/mol. The minimum atomic E-state index is -0.135. The van der Waals surface area contributed by atoms with Crippen LogP contribution in [0.25, 0.3) is 0 Å². The molecule has 2 heterocycles. The fourth-order valence-electron chi connectivity index (χ4n) is 2.35. The molecule has 92 valence electrons. The van der Waals surface area contributed by atoms with Crippen LogP contribution in [0.5, 0.6) is 0 Å². The molecule has 0 aromatic carbocycles. The van der Waals surface area contributed by atoms with Crippen molar-refractivity contribution in [3.63, 3.8) is 0 Å². The summed E-state index contributed by atoms with van der Waals surface area (Å²) in [6, 6.07) is 3.80. The molecule has 0 radical (unpaired) electrons. The summed E-state index contributed by atoms with van der Waals surface area (Å²) in [6.07, 6.45) is 3.20. The lowest BCUT2D eigenvalue weighted by Crippen LogP contribution is -2.34. The van der Waals surface area contributed by atoms with Crippen molar-refractivity contribution in [1.82, 2.24) is 9.88 Å².